The Morgan fingerprint density at radius 2 is 1.86 bits per heavy atom. The molecule has 0 saturated carbocycles. The predicted molar refractivity (Wildman–Crippen MR) is 142 cm³/mol. The van der Waals surface area contributed by atoms with Crippen molar-refractivity contribution in [1.29, 1.82) is 0 Å². The second kappa shape index (κ2) is 12.9. The number of nitrogens with zero attached hydrogens (tertiary/aromatic N) is 4. The van der Waals surface area contributed by atoms with Gasteiger partial charge in [0.05, 0.1) is 13.7 Å². The summed E-state index contributed by atoms with van der Waals surface area (Å²) in [6, 6.07) is 8.40. The lowest BCUT2D eigenvalue weighted by atomic mass is 9.96. The van der Waals surface area contributed by atoms with Crippen molar-refractivity contribution in [2.45, 2.75) is 52.0 Å². The van der Waals surface area contributed by atoms with Crippen molar-refractivity contribution in [3.05, 3.63) is 30.5 Å². The molecule has 4 rings (SSSR count). The van der Waals surface area contributed by atoms with Crippen molar-refractivity contribution in [3.8, 4) is 11.5 Å². The maximum absolute atomic E-state index is 6.07. The van der Waals surface area contributed by atoms with E-state index in [0.29, 0.717) is 24.5 Å². The van der Waals surface area contributed by atoms with Gasteiger partial charge in [0.2, 0.25) is 5.95 Å². The Hall–Kier alpha value is -2.58. The number of hydrogen-bond donors (Lipinski definition) is 2. The molecule has 192 valence electrons. The van der Waals surface area contributed by atoms with E-state index in [1.165, 1.54) is 51.9 Å². The number of ether oxygens (including phenoxy) is 2. The number of anilines is 3. The molecule has 0 amide bonds. The minimum absolute atomic E-state index is 0.565. The van der Waals surface area contributed by atoms with E-state index in [2.05, 4.69) is 44.2 Å². The van der Waals surface area contributed by atoms with E-state index in [4.69, 9.17) is 9.47 Å². The standard InChI is InChI=1S/C27H42N6O2/c1-21(2)33-16-10-22(11-17-33)20-29-26-9-12-28-27(31-26)30-23-7-8-24(34-3)25(19-23)35-18-6-15-32-13-4-5-14-32/h7-9,12,19,21-22H,4-6,10-11,13-18,20H2,1-3H3,(H2,28,29,30,31). The van der Waals surface area contributed by atoms with E-state index in [1.807, 2.05) is 24.3 Å². The van der Waals surface area contributed by atoms with Crippen molar-refractivity contribution in [2.75, 3.05) is 63.6 Å². The van der Waals surface area contributed by atoms with Gasteiger partial charge in [-0.25, -0.2) is 4.98 Å². The second-order valence-electron chi connectivity index (χ2n) is 9.96. The molecular weight excluding hydrogens is 440 g/mol. The molecule has 0 unspecified atom stereocenters. The molecule has 0 radical (unpaired) electrons. The molecule has 2 fully saturated rings. The highest BCUT2D eigenvalue weighted by atomic mass is 16.5. The van der Waals surface area contributed by atoms with Crippen LogP contribution in [-0.4, -0.2) is 78.8 Å². The van der Waals surface area contributed by atoms with Gasteiger partial charge in [-0.2, -0.15) is 4.98 Å². The summed E-state index contributed by atoms with van der Waals surface area (Å²) in [5.74, 6) is 3.57. The predicted octanol–water partition coefficient (Wildman–Crippen LogP) is 4.63. The van der Waals surface area contributed by atoms with Crippen LogP contribution in [0.25, 0.3) is 0 Å². The van der Waals surface area contributed by atoms with Crippen molar-refractivity contribution in [2.24, 2.45) is 5.92 Å². The van der Waals surface area contributed by atoms with Gasteiger partial charge in [0.25, 0.3) is 0 Å². The third-order valence-electron chi connectivity index (χ3n) is 7.10. The van der Waals surface area contributed by atoms with E-state index in [1.54, 1.807) is 13.3 Å². The zero-order valence-corrected chi connectivity index (χ0v) is 21.6. The highest BCUT2D eigenvalue weighted by Crippen LogP contribution is 2.31. The van der Waals surface area contributed by atoms with Gasteiger partial charge >= 0.3 is 0 Å². The van der Waals surface area contributed by atoms with E-state index in [-0.39, 0.29) is 0 Å². The summed E-state index contributed by atoms with van der Waals surface area (Å²) in [7, 11) is 1.67. The molecule has 0 bridgehead atoms. The number of likely N-dealkylation sites (tertiary alicyclic amines) is 2. The zero-order valence-electron chi connectivity index (χ0n) is 21.6. The van der Waals surface area contributed by atoms with Crippen LogP contribution in [-0.2, 0) is 0 Å². The third-order valence-corrected chi connectivity index (χ3v) is 7.10. The topological polar surface area (TPSA) is 74.8 Å². The zero-order chi connectivity index (χ0) is 24.5. The van der Waals surface area contributed by atoms with Gasteiger partial charge in [0, 0.05) is 37.1 Å². The molecule has 2 aliphatic heterocycles. The van der Waals surface area contributed by atoms with Crippen LogP contribution in [0.2, 0.25) is 0 Å². The Morgan fingerprint density at radius 1 is 1.06 bits per heavy atom. The summed E-state index contributed by atoms with van der Waals surface area (Å²) in [4.78, 5) is 14.1. The molecule has 1 aromatic carbocycles. The number of benzene rings is 1. The second-order valence-corrected chi connectivity index (χ2v) is 9.96. The van der Waals surface area contributed by atoms with Crippen molar-refractivity contribution < 1.29 is 9.47 Å². The SMILES string of the molecule is COc1ccc(Nc2nccc(NCC3CCN(C(C)C)CC3)n2)cc1OCCCN1CCCC1. The maximum Gasteiger partial charge on any atom is 0.229 e. The van der Waals surface area contributed by atoms with Gasteiger partial charge in [0.1, 0.15) is 5.82 Å². The number of methoxy groups -OCH3 is 1. The molecule has 0 aliphatic carbocycles. The van der Waals surface area contributed by atoms with Crippen LogP contribution < -0.4 is 20.1 Å². The minimum Gasteiger partial charge on any atom is -0.493 e. The number of nitrogens with one attached hydrogen (secondary N) is 2. The Morgan fingerprint density at radius 3 is 2.60 bits per heavy atom. The van der Waals surface area contributed by atoms with Crippen molar-refractivity contribution in [1.82, 2.24) is 19.8 Å². The molecule has 2 saturated heterocycles. The van der Waals surface area contributed by atoms with Gasteiger partial charge in [-0.15, -0.1) is 0 Å². The number of hydrogen-bond acceptors (Lipinski definition) is 8. The highest BCUT2D eigenvalue weighted by Gasteiger charge is 2.20. The molecule has 0 atom stereocenters. The van der Waals surface area contributed by atoms with E-state index in [9.17, 15) is 0 Å². The molecule has 2 N–H and O–H groups in total. The van der Waals surface area contributed by atoms with Gasteiger partial charge in [-0.3, -0.25) is 0 Å². The molecule has 35 heavy (non-hydrogen) atoms. The molecular formula is C27H42N6O2. The average molecular weight is 483 g/mol. The van der Waals surface area contributed by atoms with Crippen LogP contribution in [0, 0.1) is 5.92 Å². The average Bonchev–Trinajstić information content (AvgIpc) is 3.40. The largest absolute Gasteiger partial charge is 0.493 e. The number of rotatable bonds is 12. The van der Waals surface area contributed by atoms with Crippen LogP contribution in [0.4, 0.5) is 17.5 Å². The molecule has 0 spiro atoms. The maximum atomic E-state index is 6.07. The first kappa shape index (κ1) is 25.5. The van der Waals surface area contributed by atoms with Gasteiger partial charge in [-0.05, 0) is 96.2 Å². The first-order valence-corrected chi connectivity index (χ1v) is 13.2. The lowest BCUT2D eigenvalue weighted by Gasteiger charge is -2.34. The summed E-state index contributed by atoms with van der Waals surface area (Å²) < 4.78 is 11.6. The van der Waals surface area contributed by atoms with Crippen LogP contribution >= 0.6 is 0 Å². The summed E-state index contributed by atoms with van der Waals surface area (Å²) in [6.45, 7) is 12.1. The van der Waals surface area contributed by atoms with Gasteiger partial charge in [-0.1, -0.05) is 0 Å². The third kappa shape index (κ3) is 7.70. The van der Waals surface area contributed by atoms with Gasteiger partial charge < -0.3 is 29.9 Å². The molecule has 3 heterocycles. The molecule has 2 aromatic rings. The van der Waals surface area contributed by atoms with Crippen LogP contribution in [0.15, 0.2) is 30.5 Å². The fraction of sp³-hybridized carbons (Fsp3) is 0.630. The summed E-state index contributed by atoms with van der Waals surface area (Å²) in [5, 5.41) is 6.83. The monoisotopic (exact) mass is 482 g/mol. The molecule has 2 aliphatic rings. The first-order chi connectivity index (χ1) is 17.1. The van der Waals surface area contributed by atoms with Crippen molar-refractivity contribution in [3.63, 3.8) is 0 Å². The smallest absolute Gasteiger partial charge is 0.229 e. The Labute approximate surface area is 210 Å². The molecule has 8 heteroatoms. The summed E-state index contributed by atoms with van der Waals surface area (Å²) >= 11 is 0. The lowest BCUT2D eigenvalue weighted by Crippen LogP contribution is -2.39. The summed E-state index contributed by atoms with van der Waals surface area (Å²) in [5.41, 5.74) is 0.874. The minimum atomic E-state index is 0.565. The van der Waals surface area contributed by atoms with Crippen molar-refractivity contribution >= 4 is 17.5 Å². The fourth-order valence-corrected chi connectivity index (χ4v) is 4.91. The Kier molecular flexibility index (Phi) is 9.42. The van der Waals surface area contributed by atoms with E-state index in [0.717, 1.165) is 42.5 Å². The Balaban J connectivity index is 1.28. The van der Waals surface area contributed by atoms with Crippen LogP contribution in [0.1, 0.15) is 46.0 Å². The van der Waals surface area contributed by atoms with Gasteiger partial charge in [0.15, 0.2) is 11.5 Å². The number of piperidine rings is 1. The molecule has 1 aromatic heterocycles. The normalized spacial score (nSPS) is 17.6. The van der Waals surface area contributed by atoms with Crippen LogP contribution in [0.5, 0.6) is 11.5 Å². The first-order valence-electron chi connectivity index (χ1n) is 13.2. The quantitative estimate of drug-likeness (QED) is 0.424. The molecule has 8 nitrogen and oxygen atoms in total. The lowest BCUT2D eigenvalue weighted by molar-refractivity contribution is 0.153. The fourth-order valence-electron chi connectivity index (χ4n) is 4.91. The van der Waals surface area contributed by atoms with Crippen LogP contribution in [0.3, 0.4) is 0 Å². The van der Waals surface area contributed by atoms with E-state index < -0.39 is 0 Å². The highest BCUT2D eigenvalue weighted by molar-refractivity contribution is 5.60. The van der Waals surface area contributed by atoms with E-state index >= 15 is 0 Å². The summed E-state index contributed by atoms with van der Waals surface area (Å²) in [6.07, 6.45) is 7.89. The Bertz CT molecular complexity index is 910. The number of aromatic nitrogens is 2.